The minimum atomic E-state index is -0.219. The molecule has 0 aromatic heterocycles. The van der Waals surface area contributed by atoms with Gasteiger partial charge in [0.25, 0.3) is 0 Å². The normalized spacial score (nSPS) is 12.8. The van der Waals surface area contributed by atoms with E-state index in [-0.39, 0.29) is 17.8 Å². The van der Waals surface area contributed by atoms with E-state index in [1.807, 2.05) is 0 Å². The monoisotopic (exact) mass is 269 g/mol. The molecule has 0 fully saturated rings. The van der Waals surface area contributed by atoms with Gasteiger partial charge in [-0.1, -0.05) is 41.5 Å². The Labute approximate surface area is 116 Å². The summed E-state index contributed by atoms with van der Waals surface area (Å²) >= 11 is 0. The van der Waals surface area contributed by atoms with Gasteiger partial charge in [0.05, 0.1) is 6.61 Å². The second-order valence-corrected chi connectivity index (χ2v) is 7.07. The van der Waals surface area contributed by atoms with Crippen molar-refractivity contribution in [3.05, 3.63) is 0 Å². The summed E-state index contributed by atoms with van der Waals surface area (Å²) in [5, 5.41) is 0. The van der Waals surface area contributed by atoms with Crippen LogP contribution < -0.4 is 0 Å². The maximum absolute atomic E-state index is 12.5. The van der Waals surface area contributed by atoms with Crippen LogP contribution in [0.1, 0.15) is 60.8 Å². The second kappa shape index (κ2) is 8.11. The fraction of sp³-hybridized carbons (Fsp3) is 0.933. The highest BCUT2D eigenvalue weighted by Crippen LogP contribution is 2.40. The zero-order valence-electron chi connectivity index (χ0n) is 12.9. The maximum Gasteiger partial charge on any atom is 0.246 e. The van der Waals surface area contributed by atoms with Gasteiger partial charge in [-0.25, -0.2) is 0 Å². The van der Waals surface area contributed by atoms with Gasteiger partial charge in [0.1, 0.15) is 0 Å². The Hall–Kier alpha value is -0.153. The van der Waals surface area contributed by atoms with Crippen LogP contribution in [0.4, 0.5) is 0 Å². The first-order valence-corrected chi connectivity index (χ1v) is 7.46. The molecule has 3 radical (unpaired) electrons. The zero-order chi connectivity index (χ0) is 14.3. The highest BCUT2D eigenvalue weighted by molar-refractivity contribution is 6.00. The van der Waals surface area contributed by atoms with E-state index < -0.39 is 0 Å². The molecule has 0 aliphatic carbocycles. The van der Waals surface area contributed by atoms with E-state index in [1.165, 1.54) is 0 Å². The third-order valence-electron chi connectivity index (χ3n) is 3.19. The van der Waals surface area contributed by atoms with Crippen LogP contribution in [0.15, 0.2) is 0 Å². The van der Waals surface area contributed by atoms with Crippen molar-refractivity contribution >= 4 is 16.3 Å². The third-order valence-corrected chi connectivity index (χ3v) is 3.34. The summed E-state index contributed by atoms with van der Waals surface area (Å²) in [6.45, 7) is 13.3. The van der Waals surface area contributed by atoms with Crippen molar-refractivity contribution in [1.29, 1.82) is 0 Å². The molecule has 0 atom stereocenters. The lowest BCUT2D eigenvalue weighted by Gasteiger charge is -2.37. The molecule has 0 heterocycles. The summed E-state index contributed by atoms with van der Waals surface area (Å²) in [5.74, 6) is 1.83. The molecule has 0 rings (SSSR count). The highest BCUT2D eigenvalue weighted by atomic mass is 28.2. The number of hydrogen-bond donors (Lipinski definition) is 0. The smallest absolute Gasteiger partial charge is 0.246 e. The molecule has 0 saturated carbocycles. The summed E-state index contributed by atoms with van der Waals surface area (Å²) in [6, 6.07) is 0. The Balaban J connectivity index is 5.16. The molecule has 0 saturated heterocycles. The second-order valence-electron chi connectivity index (χ2n) is 6.79. The predicted octanol–water partition coefficient (Wildman–Crippen LogP) is 3.78. The van der Waals surface area contributed by atoms with E-state index in [4.69, 9.17) is 4.43 Å². The standard InChI is InChI=1S/C15H29O2Si/c1-11(2)7-15(8-12(3)4,9-13(5)6)14(16)10-17-18/h11-13H,7-10H2,1-6H3. The van der Waals surface area contributed by atoms with Crippen LogP contribution in [-0.4, -0.2) is 22.9 Å². The molecule has 0 aromatic rings. The summed E-state index contributed by atoms with van der Waals surface area (Å²) in [7, 11) is 2.97. The lowest BCUT2D eigenvalue weighted by Crippen LogP contribution is -2.38. The van der Waals surface area contributed by atoms with Crippen molar-refractivity contribution in [1.82, 2.24) is 0 Å². The summed E-state index contributed by atoms with van der Waals surface area (Å²) in [5.41, 5.74) is -0.219. The number of hydrogen-bond acceptors (Lipinski definition) is 2. The van der Waals surface area contributed by atoms with E-state index in [0.29, 0.717) is 17.8 Å². The Kier molecular flexibility index (Phi) is 8.04. The molecule has 18 heavy (non-hydrogen) atoms. The minimum Gasteiger partial charge on any atom is -0.411 e. The Bertz CT molecular complexity index is 220. The molecule has 0 aliphatic heterocycles. The van der Waals surface area contributed by atoms with E-state index in [2.05, 4.69) is 52.0 Å². The first kappa shape index (κ1) is 17.8. The van der Waals surface area contributed by atoms with E-state index in [1.54, 1.807) is 0 Å². The average Bonchev–Trinajstić information content (AvgIpc) is 2.14. The number of ketones is 1. The zero-order valence-corrected chi connectivity index (χ0v) is 13.9. The van der Waals surface area contributed by atoms with Crippen LogP contribution in [0.5, 0.6) is 0 Å². The van der Waals surface area contributed by atoms with Crippen molar-refractivity contribution in [3.8, 4) is 0 Å². The highest BCUT2D eigenvalue weighted by Gasteiger charge is 2.39. The molecule has 0 aromatic carbocycles. The lowest BCUT2D eigenvalue weighted by molar-refractivity contribution is -0.134. The molecule has 3 heteroatoms. The number of Topliss-reactive ketones (excluding diaryl/α,β-unsaturated/α-hetero) is 1. The fourth-order valence-corrected chi connectivity index (χ4v) is 3.29. The van der Waals surface area contributed by atoms with Crippen LogP contribution in [0.2, 0.25) is 0 Å². The molecule has 0 aliphatic rings. The lowest BCUT2D eigenvalue weighted by atomic mass is 9.67. The van der Waals surface area contributed by atoms with Gasteiger partial charge in [-0.2, -0.15) is 0 Å². The van der Waals surface area contributed by atoms with Crippen LogP contribution in [0.25, 0.3) is 0 Å². The molecule has 0 spiro atoms. The molecule has 0 bridgehead atoms. The molecule has 2 nitrogen and oxygen atoms in total. The maximum atomic E-state index is 12.5. The van der Waals surface area contributed by atoms with E-state index in [9.17, 15) is 4.79 Å². The number of carbonyl (C=O) groups is 1. The van der Waals surface area contributed by atoms with Crippen molar-refractivity contribution in [2.24, 2.45) is 23.2 Å². The van der Waals surface area contributed by atoms with Crippen LogP contribution in [-0.2, 0) is 9.22 Å². The molecule has 0 amide bonds. The van der Waals surface area contributed by atoms with Gasteiger partial charge in [-0.15, -0.1) is 0 Å². The average molecular weight is 269 g/mol. The summed E-state index contributed by atoms with van der Waals surface area (Å²) in [6.07, 6.45) is 2.87. The van der Waals surface area contributed by atoms with Crippen LogP contribution in [0.3, 0.4) is 0 Å². The van der Waals surface area contributed by atoms with Gasteiger partial charge < -0.3 is 4.43 Å². The van der Waals surface area contributed by atoms with Gasteiger partial charge in [0.2, 0.25) is 10.5 Å². The topological polar surface area (TPSA) is 26.3 Å². The molecule has 0 N–H and O–H groups in total. The first-order valence-electron chi connectivity index (χ1n) is 7.05. The van der Waals surface area contributed by atoms with Crippen molar-refractivity contribution in [3.63, 3.8) is 0 Å². The van der Waals surface area contributed by atoms with Gasteiger partial charge in [-0.3, -0.25) is 4.79 Å². The molecular formula is C15H29O2Si. The van der Waals surface area contributed by atoms with Gasteiger partial charge in [-0.05, 0) is 37.0 Å². The Morgan fingerprint density at radius 1 is 0.944 bits per heavy atom. The van der Waals surface area contributed by atoms with Crippen molar-refractivity contribution < 1.29 is 9.22 Å². The van der Waals surface area contributed by atoms with E-state index in [0.717, 1.165) is 19.3 Å². The van der Waals surface area contributed by atoms with Crippen LogP contribution >= 0.6 is 0 Å². The van der Waals surface area contributed by atoms with Gasteiger partial charge >= 0.3 is 0 Å². The predicted molar refractivity (Wildman–Crippen MR) is 77.5 cm³/mol. The first-order chi connectivity index (χ1) is 8.23. The van der Waals surface area contributed by atoms with Gasteiger partial charge in [0, 0.05) is 5.41 Å². The largest absolute Gasteiger partial charge is 0.411 e. The van der Waals surface area contributed by atoms with Crippen LogP contribution in [0, 0.1) is 23.2 Å². The summed E-state index contributed by atoms with van der Waals surface area (Å²) < 4.78 is 4.91. The molecule has 0 unspecified atom stereocenters. The quantitative estimate of drug-likeness (QED) is 0.595. The summed E-state index contributed by atoms with van der Waals surface area (Å²) in [4.78, 5) is 12.5. The number of rotatable bonds is 9. The minimum absolute atomic E-state index is 0.170. The Morgan fingerprint density at radius 3 is 1.50 bits per heavy atom. The van der Waals surface area contributed by atoms with Crippen molar-refractivity contribution in [2.75, 3.05) is 6.61 Å². The SMILES string of the molecule is CC(C)CC(CC(C)C)(CC(C)C)C(=O)CO[Si]. The third kappa shape index (κ3) is 6.14. The van der Waals surface area contributed by atoms with Gasteiger partial charge in [0.15, 0.2) is 5.78 Å². The fourth-order valence-electron chi connectivity index (χ4n) is 3.15. The molecular weight excluding hydrogens is 240 g/mol. The molecule has 105 valence electrons. The Morgan fingerprint density at radius 2 is 1.28 bits per heavy atom. The number of carbonyl (C=O) groups excluding carboxylic acids is 1. The van der Waals surface area contributed by atoms with E-state index >= 15 is 0 Å². The van der Waals surface area contributed by atoms with Crippen molar-refractivity contribution in [2.45, 2.75) is 60.8 Å².